The number of alkyl halides is 2. The largest absolute Gasteiger partial charge is 0.481 e. The van der Waals surface area contributed by atoms with Crippen LogP contribution in [-0.2, 0) is 11.2 Å². The molecule has 0 bridgehead atoms. The second-order valence-electron chi connectivity index (χ2n) is 4.28. The average Bonchev–Trinajstić information content (AvgIpc) is 2.26. The van der Waals surface area contributed by atoms with E-state index >= 15 is 0 Å². The van der Waals surface area contributed by atoms with Crippen LogP contribution in [0.5, 0.6) is 0 Å². The van der Waals surface area contributed by atoms with E-state index in [1.807, 2.05) is 24.3 Å². The highest BCUT2D eigenvalue weighted by Gasteiger charge is 2.32. The molecule has 0 radical (unpaired) electrons. The molecule has 0 amide bonds. The first-order valence-corrected chi connectivity index (χ1v) is 5.54. The predicted molar refractivity (Wildman–Crippen MR) is 64.9 cm³/mol. The fourth-order valence-corrected chi connectivity index (χ4v) is 1.93. The van der Waals surface area contributed by atoms with Crippen LogP contribution in [0, 0.1) is 0 Å². The van der Waals surface area contributed by atoms with Crippen molar-refractivity contribution in [3.63, 3.8) is 0 Å². The normalized spacial score (nSPS) is 11.7. The van der Waals surface area contributed by atoms with Gasteiger partial charge in [0.15, 0.2) is 0 Å². The monoisotopic (exact) mass is 250 g/mol. The Balaban J connectivity index is 2.24. The Morgan fingerprint density at radius 1 is 1.11 bits per heavy atom. The van der Waals surface area contributed by atoms with E-state index in [-0.39, 0.29) is 0 Å². The highest BCUT2D eigenvalue weighted by atomic mass is 19.3. The van der Waals surface area contributed by atoms with E-state index < -0.39 is 24.7 Å². The first kappa shape index (κ1) is 12.5. The van der Waals surface area contributed by atoms with E-state index in [9.17, 15) is 13.6 Å². The van der Waals surface area contributed by atoms with E-state index in [4.69, 9.17) is 5.11 Å². The standard InChI is InChI=1S/C14H12F2O2/c15-14(16,9-13(17)18)8-10-5-6-11-3-1-2-4-12(11)7-10/h1-7H,8-9H2,(H,17,18). The summed E-state index contributed by atoms with van der Waals surface area (Å²) in [6.07, 6.45) is -1.69. The molecule has 2 nitrogen and oxygen atoms in total. The maximum atomic E-state index is 13.4. The summed E-state index contributed by atoms with van der Waals surface area (Å²) in [5.41, 5.74) is 0.444. The Labute approximate surface area is 103 Å². The Bertz CT molecular complexity index is 579. The zero-order valence-electron chi connectivity index (χ0n) is 9.57. The molecule has 2 rings (SSSR count). The molecule has 0 spiro atoms. The number of carboxylic acid groups (broad SMARTS) is 1. The fraction of sp³-hybridized carbons (Fsp3) is 0.214. The third-order valence-corrected chi connectivity index (χ3v) is 2.69. The van der Waals surface area contributed by atoms with Gasteiger partial charge >= 0.3 is 5.97 Å². The second-order valence-corrected chi connectivity index (χ2v) is 4.28. The van der Waals surface area contributed by atoms with Gasteiger partial charge in [0.25, 0.3) is 5.92 Å². The maximum absolute atomic E-state index is 13.4. The molecule has 0 fully saturated rings. The maximum Gasteiger partial charge on any atom is 0.309 e. The Kier molecular flexibility index (Phi) is 3.28. The third kappa shape index (κ3) is 3.03. The molecule has 0 saturated carbocycles. The van der Waals surface area contributed by atoms with Crippen LogP contribution in [0.1, 0.15) is 12.0 Å². The van der Waals surface area contributed by atoms with Gasteiger partial charge in [-0.3, -0.25) is 4.79 Å². The van der Waals surface area contributed by atoms with Crippen molar-refractivity contribution in [3.8, 4) is 0 Å². The first-order valence-electron chi connectivity index (χ1n) is 5.54. The van der Waals surface area contributed by atoms with Crippen molar-refractivity contribution in [2.45, 2.75) is 18.8 Å². The lowest BCUT2D eigenvalue weighted by Crippen LogP contribution is -2.23. The molecule has 94 valence electrons. The molecular weight excluding hydrogens is 238 g/mol. The number of carbonyl (C=O) groups is 1. The number of rotatable bonds is 4. The Hall–Kier alpha value is -1.97. The lowest BCUT2D eigenvalue weighted by atomic mass is 10.0. The van der Waals surface area contributed by atoms with Crippen LogP contribution in [0.2, 0.25) is 0 Å². The van der Waals surface area contributed by atoms with Gasteiger partial charge in [-0.25, -0.2) is 8.78 Å². The van der Waals surface area contributed by atoms with Gasteiger partial charge in [-0.1, -0.05) is 42.5 Å². The van der Waals surface area contributed by atoms with Crippen LogP contribution in [0.3, 0.4) is 0 Å². The molecule has 0 saturated heterocycles. The molecule has 1 N–H and O–H groups in total. The smallest absolute Gasteiger partial charge is 0.309 e. The molecule has 0 aromatic heterocycles. The van der Waals surface area contributed by atoms with E-state index in [0.29, 0.717) is 5.56 Å². The van der Waals surface area contributed by atoms with Crippen molar-refractivity contribution in [3.05, 3.63) is 48.0 Å². The summed E-state index contributed by atoms with van der Waals surface area (Å²) in [6.45, 7) is 0. The molecule has 0 aliphatic rings. The summed E-state index contributed by atoms with van der Waals surface area (Å²) in [4.78, 5) is 10.3. The number of hydrogen-bond donors (Lipinski definition) is 1. The van der Waals surface area contributed by atoms with E-state index in [2.05, 4.69) is 0 Å². The number of hydrogen-bond acceptors (Lipinski definition) is 1. The highest BCUT2D eigenvalue weighted by Crippen LogP contribution is 2.25. The lowest BCUT2D eigenvalue weighted by Gasteiger charge is -2.14. The SMILES string of the molecule is O=C(O)CC(F)(F)Cc1ccc2ccccc2c1. The van der Waals surface area contributed by atoms with Crippen LogP contribution in [0.25, 0.3) is 10.8 Å². The Morgan fingerprint density at radius 3 is 2.44 bits per heavy atom. The zero-order valence-corrected chi connectivity index (χ0v) is 9.57. The zero-order chi connectivity index (χ0) is 13.2. The minimum atomic E-state index is -3.21. The topological polar surface area (TPSA) is 37.3 Å². The summed E-state index contributed by atoms with van der Waals surface area (Å²) >= 11 is 0. The predicted octanol–water partition coefficient (Wildman–Crippen LogP) is 3.49. The number of fused-ring (bicyclic) bond motifs is 1. The molecule has 0 aliphatic carbocycles. The molecule has 18 heavy (non-hydrogen) atoms. The van der Waals surface area contributed by atoms with E-state index in [1.54, 1.807) is 18.2 Å². The van der Waals surface area contributed by atoms with Gasteiger partial charge < -0.3 is 5.11 Å². The quantitative estimate of drug-likeness (QED) is 0.901. The fourth-order valence-electron chi connectivity index (χ4n) is 1.93. The minimum absolute atomic E-state index is 0.444. The van der Waals surface area contributed by atoms with Crippen molar-refractivity contribution in [1.82, 2.24) is 0 Å². The molecule has 0 heterocycles. The van der Waals surface area contributed by atoms with Gasteiger partial charge in [0.05, 0.1) is 0 Å². The van der Waals surface area contributed by atoms with Crippen LogP contribution in [-0.4, -0.2) is 17.0 Å². The van der Waals surface area contributed by atoms with Gasteiger partial charge in [0, 0.05) is 6.42 Å². The molecule has 0 unspecified atom stereocenters. The third-order valence-electron chi connectivity index (χ3n) is 2.69. The number of benzene rings is 2. The molecular formula is C14H12F2O2. The summed E-state index contributed by atoms with van der Waals surface area (Å²) in [5, 5.41) is 10.3. The van der Waals surface area contributed by atoms with Crippen molar-refractivity contribution < 1.29 is 18.7 Å². The summed E-state index contributed by atoms with van der Waals surface area (Å²) in [5.74, 6) is -4.70. The first-order chi connectivity index (χ1) is 8.46. The van der Waals surface area contributed by atoms with Gasteiger partial charge in [-0.2, -0.15) is 0 Å². The van der Waals surface area contributed by atoms with Crippen molar-refractivity contribution >= 4 is 16.7 Å². The molecule has 4 heteroatoms. The van der Waals surface area contributed by atoms with Crippen LogP contribution < -0.4 is 0 Å². The van der Waals surface area contributed by atoms with Gasteiger partial charge in [-0.05, 0) is 16.3 Å². The Morgan fingerprint density at radius 2 is 1.78 bits per heavy atom. The average molecular weight is 250 g/mol. The highest BCUT2D eigenvalue weighted by molar-refractivity contribution is 5.83. The number of carboxylic acids is 1. The lowest BCUT2D eigenvalue weighted by molar-refractivity contribution is -0.144. The van der Waals surface area contributed by atoms with E-state index in [1.165, 1.54) is 0 Å². The molecule has 0 aliphatic heterocycles. The van der Waals surface area contributed by atoms with Crippen LogP contribution in [0.4, 0.5) is 8.78 Å². The van der Waals surface area contributed by atoms with E-state index in [0.717, 1.165) is 10.8 Å². The summed E-state index contributed by atoms with van der Waals surface area (Å²) in [6, 6.07) is 12.5. The number of halogens is 2. The summed E-state index contributed by atoms with van der Waals surface area (Å²) < 4.78 is 26.8. The number of aliphatic carboxylic acids is 1. The molecule has 2 aromatic carbocycles. The van der Waals surface area contributed by atoms with Crippen LogP contribution >= 0.6 is 0 Å². The minimum Gasteiger partial charge on any atom is -0.481 e. The molecule has 2 aromatic rings. The van der Waals surface area contributed by atoms with Crippen molar-refractivity contribution in [2.75, 3.05) is 0 Å². The molecule has 0 atom stereocenters. The van der Waals surface area contributed by atoms with Gasteiger partial charge in [0.1, 0.15) is 6.42 Å². The second kappa shape index (κ2) is 4.72. The summed E-state index contributed by atoms with van der Waals surface area (Å²) in [7, 11) is 0. The van der Waals surface area contributed by atoms with Gasteiger partial charge in [0.2, 0.25) is 0 Å². The van der Waals surface area contributed by atoms with Gasteiger partial charge in [-0.15, -0.1) is 0 Å². The van der Waals surface area contributed by atoms with Crippen molar-refractivity contribution in [1.29, 1.82) is 0 Å². The van der Waals surface area contributed by atoms with Crippen molar-refractivity contribution in [2.24, 2.45) is 0 Å². The van der Waals surface area contributed by atoms with Crippen LogP contribution in [0.15, 0.2) is 42.5 Å².